The van der Waals surface area contributed by atoms with Crippen molar-refractivity contribution in [3.8, 4) is 22.1 Å². The second kappa shape index (κ2) is 9.68. The largest absolute Gasteiger partial charge is 0.503 e. The predicted octanol–water partition coefficient (Wildman–Crippen LogP) is 5.86. The Morgan fingerprint density at radius 2 is 1.79 bits per heavy atom. The number of aliphatic hydroxyl groups is 1. The van der Waals surface area contributed by atoms with E-state index in [4.69, 9.17) is 9.47 Å². The van der Waals surface area contributed by atoms with E-state index in [9.17, 15) is 14.7 Å². The molecule has 0 fully saturated rings. The fraction of sp³-hybridized carbons (Fsp3) is 0.143. The normalized spacial score (nSPS) is 15.4. The Morgan fingerprint density at radius 3 is 2.49 bits per heavy atom. The molecule has 0 spiro atoms. The van der Waals surface area contributed by atoms with Crippen molar-refractivity contribution in [2.75, 3.05) is 19.1 Å². The molecule has 1 unspecified atom stereocenters. The summed E-state index contributed by atoms with van der Waals surface area (Å²) in [5.41, 5.74) is 2.54. The number of rotatable bonds is 7. The van der Waals surface area contributed by atoms with Gasteiger partial charge < -0.3 is 19.6 Å². The first kappa shape index (κ1) is 24.8. The molecule has 196 valence electrons. The molecule has 1 aliphatic heterocycles. The number of nitrogens with zero attached hydrogens (tertiary/aromatic N) is 3. The van der Waals surface area contributed by atoms with Crippen LogP contribution in [0, 0.1) is 6.92 Å². The maximum Gasteiger partial charge on any atom is 0.296 e. The number of fused-ring (bicyclic) bond motifs is 1. The minimum Gasteiger partial charge on any atom is -0.503 e. The van der Waals surface area contributed by atoms with E-state index >= 15 is 0 Å². The van der Waals surface area contributed by atoms with Gasteiger partial charge >= 0.3 is 0 Å². The van der Waals surface area contributed by atoms with Crippen molar-refractivity contribution >= 4 is 51.3 Å². The topological polar surface area (TPSA) is 118 Å². The van der Waals surface area contributed by atoms with E-state index in [0.717, 1.165) is 5.56 Å². The number of aromatic amines is 1. The lowest BCUT2D eigenvalue weighted by Gasteiger charge is -2.23. The number of hydrogen-bond donors (Lipinski definition) is 2. The van der Waals surface area contributed by atoms with Gasteiger partial charge in [-0.3, -0.25) is 14.5 Å². The van der Waals surface area contributed by atoms with Crippen LogP contribution in [0.25, 0.3) is 21.6 Å². The lowest BCUT2D eigenvalue weighted by Crippen LogP contribution is -2.31. The van der Waals surface area contributed by atoms with Crippen LogP contribution in [0.2, 0.25) is 0 Å². The maximum atomic E-state index is 14.0. The van der Waals surface area contributed by atoms with Crippen LogP contribution in [-0.4, -0.2) is 46.0 Å². The standard InChI is InChI=1S/C28H22N4O5S2/c1-14-25(39-26(29-14)15-8-5-4-6-9-15)23(33)21-22(20-10-7-11-38-20)32(27(35)24(21)34)28-30-16-12-18(36-2)19(37-3)13-17(16)31-28/h4-13,22,34H,1-3H3,(H,30,31). The zero-order valence-electron chi connectivity index (χ0n) is 21.1. The van der Waals surface area contributed by atoms with E-state index in [1.807, 2.05) is 47.8 Å². The lowest BCUT2D eigenvalue weighted by molar-refractivity contribution is -0.117. The summed E-state index contributed by atoms with van der Waals surface area (Å²) in [6, 6.07) is 15.8. The van der Waals surface area contributed by atoms with Crippen molar-refractivity contribution in [2.45, 2.75) is 13.0 Å². The average molecular weight is 559 g/mol. The number of Topliss-reactive ketones (excluding diaryl/α,β-unsaturated/α-hetero) is 1. The zero-order valence-corrected chi connectivity index (χ0v) is 22.7. The molecule has 1 atom stereocenters. The monoisotopic (exact) mass is 558 g/mol. The van der Waals surface area contributed by atoms with Crippen molar-refractivity contribution in [1.82, 2.24) is 15.0 Å². The molecule has 4 heterocycles. The number of nitrogens with one attached hydrogen (secondary N) is 1. The van der Waals surface area contributed by atoms with Crippen LogP contribution in [0.4, 0.5) is 5.95 Å². The zero-order chi connectivity index (χ0) is 27.3. The summed E-state index contributed by atoms with van der Waals surface area (Å²) < 4.78 is 10.8. The molecule has 0 saturated carbocycles. The molecule has 6 rings (SSSR count). The number of amides is 1. The van der Waals surface area contributed by atoms with Crippen molar-refractivity contribution in [3.63, 3.8) is 0 Å². The minimum atomic E-state index is -0.879. The fourth-order valence-electron chi connectivity index (χ4n) is 4.64. The van der Waals surface area contributed by atoms with Gasteiger partial charge in [0.05, 0.1) is 41.4 Å². The van der Waals surface area contributed by atoms with E-state index in [2.05, 4.69) is 15.0 Å². The number of aliphatic hydroxyl groups excluding tert-OH is 1. The number of hydrogen-bond acceptors (Lipinski definition) is 9. The Kier molecular flexibility index (Phi) is 6.16. The van der Waals surface area contributed by atoms with Crippen LogP contribution in [0.3, 0.4) is 0 Å². The van der Waals surface area contributed by atoms with Gasteiger partial charge in [-0.05, 0) is 18.4 Å². The molecule has 39 heavy (non-hydrogen) atoms. The second-order valence-corrected chi connectivity index (χ2v) is 10.7. The van der Waals surface area contributed by atoms with E-state index in [1.165, 1.54) is 41.8 Å². The number of H-pyrrole nitrogens is 1. The first-order chi connectivity index (χ1) is 18.9. The third-order valence-corrected chi connectivity index (χ3v) is 8.62. The Labute approximate surface area is 231 Å². The average Bonchev–Trinajstić information content (AvgIpc) is 3.74. The van der Waals surface area contributed by atoms with Gasteiger partial charge in [0.1, 0.15) is 11.0 Å². The van der Waals surface area contributed by atoms with E-state index in [1.54, 1.807) is 19.1 Å². The summed E-state index contributed by atoms with van der Waals surface area (Å²) >= 11 is 2.61. The number of ketones is 1. The van der Waals surface area contributed by atoms with Crippen LogP contribution in [0.5, 0.6) is 11.5 Å². The number of ether oxygens (including phenoxy) is 2. The van der Waals surface area contributed by atoms with Crippen LogP contribution >= 0.6 is 22.7 Å². The summed E-state index contributed by atoms with van der Waals surface area (Å²) in [7, 11) is 3.06. The fourth-order valence-corrected chi connectivity index (χ4v) is 6.49. The first-order valence-corrected chi connectivity index (χ1v) is 13.6. The number of aryl methyl sites for hydroxylation is 1. The molecule has 0 aliphatic carbocycles. The number of carbonyl (C=O) groups is 2. The Bertz CT molecular complexity index is 1710. The van der Waals surface area contributed by atoms with E-state index in [-0.39, 0.29) is 11.5 Å². The number of methoxy groups -OCH3 is 2. The molecule has 0 bridgehead atoms. The predicted molar refractivity (Wildman–Crippen MR) is 150 cm³/mol. The number of carbonyl (C=O) groups excluding carboxylic acids is 2. The quantitative estimate of drug-likeness (QED) is 0.240. The molecular weight excluding hydrogens is 536 g/mol. The number of benzene rings is 2. The Balaban J connectivity index is 1.45. The smallest absolute Gasteiger partial charge is 0.296 e. The number of imidazole rings is 1. The highest BCUT2D eigenvalue weighted by Crippen LogP contribution is 2.44. The summed E-state index contributed by atoms with van der Waals surface area (Å²) in [4.78, 5) is 42.3. The van der Waals surface area contributed by atoms with Crippen LogP contribution in [0.15, 0.2) is 71.3 Å². The van der Waals surface area contributed by atoms with Crippen LogP contribution in [-0.2, 0) is 4.79 Å². The highest BCUT2D eigenvalue weighted by molar-refractivity contribution is 7.17. The van der Waals surface area contributed by atoms with E-state index < -0.39 is 23.5 Å². The van der Waals surface area contributed by atoms with Crippen LogP contribution in [0.1, 0.15) is 26.3 Å². The van der Waals surface area contributed by atoms with Crippen molar-refractivity contribution < 1.29 is 24.2 Å². The summed E-state index contributed by atoms with van der Waals surface area (Å²) in [6.07, 6.45) is 0. The highest BCUT2D eigenvalue weighted by atomic mass is 32.1. The summed E-state index contributed by atoms with van der Waals surface area (Å²) in [6.45, 7) is 1.75. The van der Waals surface area contributed by atoms with Gasteiger partial charge in [-0.2, -0.15) is 0 Å². The molecule has 1 amide bonds. The third kappa shape index (κ3) is 4.06. The summed E-state index contributed by atoms with van der Waals surface area (Å²) in [5.74, 6) is -0.613. The van der Waals surface area contributed by atoms with Crippen molar-refractivity contribution in [2.24, 2.45) is 0 Å². The third-order valence-electron chi connectivity index (χ3n) is 6.49. The molecule has 9 nitrogen and oxygen atoms in total. The molecule has 5 aromatic rings. The number of aromatic nitrogens is 3. The molecule has 11 heteroatoms. The van der Waals surface area contributed by atoms with Crippen LogP contribution < -0.4 is 14.4 Å². The van der Waals surface area contributed by atoms with Crippen molar-refractivity contribution in [3.05, 3.63) is 86.8 Å². The van der Waals surface area contributed by atoms with Crippen molar-refractivity contribution in [1.29, 1.82) is 0 Å². The SMILES string of the molecule is COc1cc2nc(N3C(=O)C(O)=C(C(=O)c4sc(-c5ccccc5)nc4C)C3c3cccs3)[nH]c2cc1OC. The number of anilines is 1. The lowest BCUT2D eigenvalue weighted by atomic mass is 10.0. The molecule has 0 radical (unpaired) electrons. The van der Waals surface area contributed by atoms with E-state index in [0.29, 0.717) is 43.0 Å². The highest BCUT2D eigenvalue weighted by Gasteiger charge is 2.47. The first-order valence-electron chi connectivity index (χ1n) is 11.9. The van der Waals surface area contributed by atoms with Gasteiger partial charge in [0.2, 0.25) is 11.7 Å². The number of thiophene rings is 1. The number of thiazole rings is 1. The Morgan fingerprint density at radius 1 is 1.05 bits per heavy atom. The van der Waals surface area contributed by atoms with Gasteiger partial charge in [0, 0.05) is 22.6 Å². The Hall–Kier alpha value is -4.48. The molecule has 0 saturated heterocycles. The minimum absolute atomic E-state index is 0.00979. The van der Waals surface area contributed by atoms with Gasteiger partial charge in [0.25, 0.3) is 5.91 Å². The molecule has 2 aromatic carbocycles. The summed E-state index contributed by atoms with van der Waals surface area (Å²) in [5, 5.41) is 13.7. The molecule has 2 N–H and O–H groups in total. The van der Waals surface area contributed by atoms with Gasteiger partial charge in [-0.25, -0.2) is 9.97 Å². The van der Waals surface area contributed by atoms with Gasteiger partial charge in [-0.1, -0.05) is 36.4 Å². The van der Waals surface area contributed by atoms with Gasteiger partial charge in [0.15, 0.2) is 17.3 Å². The molecule has 1 aliphatic rings. The molecular formula is C28H22N4O5S2. The molecule has 3 aromatic heterocycles. The second-order valence-electron chi connectivity index (χ2n) is 8.77. The van der Waals surface area contributed by atoms with Gasteiger partial charge in [-0.15, -0.1) is 22.7 Å². The maximum absolute atomic E-state index is 14.0.